The summed E-state index contributed by atoms with van der Waals surface area (Å²) in [5.74, 6) is 0.382. The van der Waals surface area contributed by atoms with Gasteiger partial charge in [0.1, 0.15) is 5.60 Å². The molecule has 1 aliphatic carbocycles. The number of rotatable bonds is 0. The number of allylic oxidation sites excluding steroid dienone is 1. The third kappa shape index (κ3) is 1.06. The maximum absolute atomic E-state index is 11.1. The predicted octanol–water partition coefficient (Wildman–Crippen LogP) is 2.05. The Morgan fingerprint density at radius 2 is 2.42 bits per heavy atom. The summed E-state index contributed by atoms with van der Waals surface area (Å²) < 4.78 is 5.41. The maximum atomic E-state index is 11.1. The summed E-state index contributed by atoms with van der Waals surface area (Å²) >= 11 is 0. The van der Waals surface area contributed by atoms with Crippen molar-refractivity contribution < 1.29 is 9.53 Å². The quantitative estimate of drug-likeness (QED) is 0.406. The standard InChI is InChI=1S/C10H14O2/c1-8-7-9(11)12-10(8)5-3-2-4-6-10/h2-3,8H,4-7H2,1H3. The smallest absolute Gasteiger partial charge is 0.306 e. The molecule has 1 saturated heterocycles. The molecule has 12 heavy (non-hydrogen) atoms. The van der Waals surface area contributed by atoms with Gasteiger partial charge in [-0.2, -0.15) is 0 Å². The van der Waals surface area contributed by atoms with Crippen LogP contribution < -0.4 is 0 Å². The van der Waals surface area contributed by atoms with Gasteiger partial charge in [0.2, 0.25) is 0 Å². The van der Waals surface area contributed by atoms with Gasteiger partial charge >= 0.3 is 5.97 Å². The molecular formula is C10H14O2. The zero-order valence-electron chi connectivity index (χ0n) is 7.38. The van der Waals surface area contributed by atoms with E-state index in [1.807, 2.05) is 0 Å². The number of esters is 1. The summed E-state index contributed by atoms with van der Waals surface area (Å²) in [6.45, 7) is 2.12. The molecule has 2 nitrogen and oxygen atoms in total. The number of carbonyl (C=O) groups excluding carboxylic acids is 1. The zero-order chi connectivity index (χ0) is 8.60. The van der Waals surface area contributed by atoms with Crippen LogP contribution in [0, 0.1) is 5.92 Å². The van der Waals surface area contributed by atoms with E-state index in [0.29, 0.717) is 12.3 Å². The fourth-order valence-corrected chi connectivity index (χ4v) is 2.18. The molecule has 2 atom stereocenters. The summed E-state index contributed by atoms with van der Waals surface area (Å²) in [7, 11) is 0. The SMILES string of the molecule is CC1CC(=O)OC12CC=CCC2. The second kappa shape index (κ2) is 2.61. The number of carbonyl (C=O) groups is 1. The topological polar surface area (TPSA) is 26.3 Å². The fourth-order valence-electron chi connectivity index (χ4n) is 2.18. The molecule has 0 saturated carbocycles. The Bertz CT molecular complexity index is 232. The van der Waals surface area contributed by atoms with Crippen LogP contribution in [0.4, 0.5) is 0 Å². The summed E-state index contributed by atoms with van der Waals surface area (Å²) in [5.41, 5.74) is -0.133. The Labute approximate surface area is 72.6 Å². The minimum absolute atomic E-state index is 0.0159. The Morgan fingerprint density at radius 1 is 1.58 bits per heavy atom. The van der Waals surface area contributed by atoms with Crippen LogP contribution in [0.25, 0.3) is 0 Å². The molecule has 0 bridgehead atoms. The lowest BCUT2D eigenvalue weighted by atomic mass is 9.80. The van der Waals surface area contributed by atoms with E-state index < -0.39 is 0 Å². The molecule has 0 N–H and O–H groups in total. The molecule has 1 aliphatic heterocycles. The van der Waals surface area contributed by atoms with E-state index in [-0.39, 0.29) is 11.6 Å². The summed E-state index contributed by atoms with van der Waals surface area (Å²) in [4.78, 5) is 11.1. The summed E-state index contributed by atoms with van der Waals surface area (Å²) in [6, 6.07) is 0. The van der Waals surface area contributed by atoms with Crippen molar-refractivity contribution in [3.63, 3.8) is 0 Å². The lowest BCUT2D eigenvalue weighted by molar-refractivity contribution is -0.149. The highest BCUT2D eigenvalue weighted by molar-refractivity contribution is 5.73. The number of ether oxygens (including phenoxy) is 1. The molecule has 66 valence electrons. The van der Waals surface area contributed by atoms with Crippen LogP contribution in [-0.4, -0.2) is 11.6 Å². The molecule has 2 heteroatoms. The molecular weight excluding hydrogens is 152 g/mol. The van der Waals surface area contributed by atoms with Crippen molar-refractivity contribution in [1.29, 1.82) is 0 Å². The molecule has 1 fully saturated rings. The molecule has 0 aromatic rings. The van der Waals surface area contributed by atoms with Gasteiger partial charge in [0, 0.05) is 12.3 Å². The van der Waals surface area contributed by atoms with Crippen molar-refractivity contribution in [3.8, 4) is 0 Å². The van der Waals surface area contributed by atoms with E-state index in [1.54, 1.807) is 0 Å². The largest absolute Gasteiger partial charge is 0.458 e. The van der Waals surface area contributed by atoms with Gasteiger partial charge in [-0.15, -0.1) is 0 Å². The molecule has 0 aromatic carbocycles. The average Bonchev–Trinajstić information content (AvgIpc) is 2.29. The van der Waals surface area contributed by atoms with Crippen LogP contribution in [0.1, 0.15) is 32.6 Å². The molecule has 1 spiro atoms. The second-order valence-electron chi connectivity index (χ2n) is 3.86. The van der Waals surface area contributed by atoms with Gasteiger partial charge in [-0.3, -0.25) is 4.79 Å². The fraction of sp³-hybridized carbons (Fsp3) is 0.700. The van der Waals surface area contributed by atoms with Crippen molar-refractivity contribution in [2.75, 3.05) is 0 Å². The minimum Gasteiger partial charge on any atom is -0.458 e. The maximum Gasteiger partial charge on any atom is 0.306 e. The third-order valence-electron chi connectivity index (χ3n) is 3.05. The Morgan fingerprint density at radius 3 is 2.92 bits per heavy atom. The normalized spacial score (nSPS) is 40.4. The second-order valence-corrected chi connectivity index (χ2v) is 3.86. The van der Waals surface area contributed by atoms with Gasteiger partial charge in [-0.25, -0.2) is 0 Å². The van der Waals surface area contributed by atoms with E-state index >= 15 is 0 Å². The highest BCUT2D eigenvalue weighted by atomic mass is 16.6. The zero-order valence-corrected chi connectivity index (χ0v) is 7.38. The molecule has 0 amide bonds. The van der Waals surface area contributed by atoms with E-state index in [1.165, 1.54) is 0 Å². The highest BCUT2D eigenvalue weighted by Crippen LogP contribution is 2.41. The van der Waals surface area contributed by atoms with Crippen LogP contribution in [-0.2, 0) is 9.53 Å². The number of hydrogen-bond donors (Lipinski definition) is 0. The molecule has 2 unspecified atom stereocenters. The first-order valence-electron chi connectivity index (χ1n) is 4.60. The molecule has 1 heterocycles. The number of hydrogen-bond acceptors (Lipinski definition) is 2. The van der Waals surface area contributed by atoms with Crippen molar-refractivity contribution >= 4 is 5.97 Å². The monoisotopic (exact) mass is 166 g/mol. The Kier molecular flexibility index (Phi) is 1.71. The first kappa shape index (κ1) is 7.84. The highest BCUT2D eigenvalue weighted by Gasteiger charge is 2.45. The minimum atomic E-state index is -0.133. The van der Waals surface area contributed by atoms with Crippen LogP contribution in [0.2, 0.25) is 0 Å². The van der Waals surface area contributed by atoms with Gasteiger partial charge in [0.05, 0.1) is 6.42 Å². The van der Waals surface area contributed by atoms with E-state index in [2.05, 4.69) is 19.1 Å². The molecule has 2 aliphatic rings. The van der Waals surface area contributed by atoms with Gasteiger partial charge in [-0.1, -0.05) is 19.1 Å². The summed E-state index contributed by atoms with van der Waals surface area (Å²) in [6.07, 6.45) is 7.89. The first-order valence-corrected chi connectivity index (χ1v) is 4.60. The van der Waals surface area contributed by atoms with Crippen LogP contribution in [0.5, 0.6) is 0 Å². The van der Waals surface area contributed by atoms with Crippen LogP contribution in [0.15, 0.2) is 12.2 Å². The van der Waals surface area contributed by atoms with Crippen LogP contribution in [0.3, 0.4) is 0 Å². The lowest BCUT2D eigenvalue weighted by Gasteiger charge is -2.32. The van der Waals surface area contributed by atoms with Crippen LogP contribution >= 0.6 is 0 Å². The molecule has 0 radical (unpaired) electrons. The van der Waals surface area contributed by atoms with Gasteiger partial charge in [-0.05, 0) is 12.8 Å². The summed E-state index contributed by atoms with van der Waals surface area (Å²) in [5, 5.41) is 0. The molecule has 0 aromatic heterocycles. The van der Waals surface area contributed by atoms with E-state index in [4.69, 9.17) is 4.74 Å². The van der Waals surface area contributed by atoms with Crippen molar-refractivity contribution in [1.82, 2.24) is 0 Å². The van der Waals surface area contributed by atoms with Crippen molar-refractivity contribution in [3.05, 3.63) is 12.2 Å². The predicted molar refractivity (Wildman–Crippen MR) is 45.6 cm³/mol. The Balaban J connectivity index is 2.19. The average molecular weight is 166 g/mol. The Hall–Kier alpha value is -0.790. The van der Waals surface area contributed by atoms with E-state index in [9.17, 15) is 4.79 Å². The van der Waals surface area contributed by atoms with Gasteiger partial charge in [0.25, 0.3) is 0 Å². The molecule has 2 rings (SSSR count). The van der Waals surface area contributed by atoms with Gasteiger partial charge < -0.3 is 4.74 Å². The van der Waals surface area contributed by atoms with Gasteiger partial charge in [0.15, 0.2) is 0 Å². The van der Waals surface area contributed by atoms with Crippen molar-refractivity contribution in [2.45, 2.75) is 38.2 Å². The third-order valence-corrected chi connectivity index (χ3v) is 3.05. The van der Waals surface area contributed by atoms with E-state index in [0.717, 1.165) is 19.3 Å². The lowest BCUT2D eigenvalue weighted by Crippen LogP contribution is -2.34. The van der Waals surface area contributed by atoms with Crippen molar-refractivity contribution in [2.24, 2.45) is 5.92 Å². The first-order chi connectivity index (χ1) is 5.73.